The molecule has 0 aromatic rings. The van der Waals surface area contributed by atoms with Gasteiger partial charge in [0.1, 0.15) is 6.04 Å². The molecule has 3 atom stereocenters. The number of hydrogen-bond acceptors (Lipinski definition) is 3. The van der Waals surface area contributed by atoms with Gasteiger partial charge in [-0.05, 0) is 18.8 Å². The Kier molecular flexibility index (Phi) is 5.14. The minimum Gasteiger partial charge on any atom is -0.481 e. The number of rotatable bonds is 5. The van der Waals surface area contributed by atoms with Gasteiger partial charge in [0.2, 0.25) is 5.91 Å². The maximum atomic E-state index is 11.8. The zero-order valence-electron chi connectivity index (χ0n) is 11.2. The summed E-state index contributed by atoms with van der Waals surface area (Å²) in [4.78, 5) is 33.9. The summed E-state index contributed by atoms with van der Waals surface area (Å²) in [6.45, 7) is 3.54. The summed E-state index contributed by atoms with van der Waals surface area (Å²) in [5, 5.41) is 14.1. The summed E-state index contributed by atoms with van der Waals surface area (Å²) >= 11 is 0. The zero-order valence-corrected chi connectivity index (χ0v) is 11.2. The molecule has 7 heteroatoms. The van der Waals surface area contributed by atoms with Crippen molar-refractivity contribution < 1.29 is 19.5 Å². The lowest BCUT2D eigenvalue weighted by Gasteiger charge is -2.22. The fourth-order valence-corrected chi connectivity index (χ4v) is 2.35. The molecule has 3 amide bonds. The number of primary amides is 1. The molecular formula is C12H21N3O4. The van der Waals surface area contributed by atoms with Gasteiger partial charge in [-0.2, -0.15) is 0 Å². The van der Waals surface area contributed by atoms with E-state index in [2.05, 4.69) is 10.6 Å². The lowest BCUT2D eigenvalue weighted by molar-refractivity contribution is -0.142. The Bertz CT molecular complexity index is 370. The molecule has 1 aliphatic carbocycles. The minimum atomic E-state index is -0.905. The van der Waals surface area contributed by atoms with E-state index in [-0.39, 0.29) is 5.92 Å². The predicted octanol–water partition coefficient (Wildman–Crippen LogP) is 0.0488. The monoisotopic (exact) mass is 271 g/mol. The quantitative estimate of drug-likeness (QED) is 0.564. The molecule has 7 nitrogen and oxygen atoms in total. The van der Waals surface area contributed by atoms with Crippen molar-refractivity contribution in [2.75, 3.05) is 0 Å². The van der Waals surface area contributed by atoms with Crippen molar-refractivity contribution >= 4 is 17.9 Å². The number of hydrogen-bond donors (Lipinski definition) is 4. The van der Waals surface area contributed by atoms with E-state index in [9.17, 15) is 14.4 Å². The summed E-state index contributed by atoms with van der Waals surface area (Å²) in [5.74, 6) is -2.19. The van der Waals surface area contributed by atoms with Crippen LogP contribution in [0.25, 0.3) is 0 Å². The van der Waals surface area contributed by atoms with Crippen LogP contribution in [-0.4, -0.2) is 35.1 Å². The van der Waals surface area contributed by atoms with Crippen LogP contribution < -0.4 is 16.4 Å². The first kappa shape index (κ1) is 15.3. The molecular weight excluding hydrogens is 250 g/mol. The van der Waals surface area contributed by atoms with E-state index in [4.69, 9.17) is 10.8 Å². The second-order valence-corrected chi connectivity index (χ2v) is 5.22. The third kappa shape index (κ3) is 4.11. The van der Waals surface area contributed by atoms with E-state index < -0.39 is 35.9 Å². The van der Waals surface area contributed by atoms with Crippen molar-refractivity contribution in [2.24, 2.45) is 17.6 Å². The second kappa shape index (κ2) is 6.40. The highest BCUT2D eigenvalue weighted by Gasteiger charge is 2.34. The standard InChI is InChI=1S/C12H21N3O4/c1-6(2)9(10(13)16)15-12(19)14-8-5-3-4-7(8)11(17)18/h6-9H,3-5H2,1-2H3,(H2,13,16)(H,17,18)(H2,14,15,19). The number of urea groups is 1. The number of carbonyl (C=O) groups excluding carboxylic acids is 2. The third-order valence-electron chi connectivity index (χ3n) is 3.41. The Morgan fingerprint density at radius 3 is 2.37 bits per heavy atom. The molecule has 0 aromatic heterocycles. The topological polar surface area (TPSA) is 122 Å². The van der Waals surface area contributed by atoms with Crippen LogP contribution in [0, 0.1) is 11.8 Å². The maximum Gasteiger partial charge on any atom is 0.315 e. The van der Waals surface area contributed by atoms with Gasteiger partial charge in [-0.1, -0.05) is 20.3 Å². The van der Waals surface area contributed by atoms with Gasteiger partial charge in [0.15, 0.2) is 0 Å². The molecule has 1 fully saturated rings. The molecule has 0 bridgehead atoms. The first-order valence-corrected chi connectivity index (χ1v) is 6.42. The summed E-state index contributed by atoms with van der Waals surface area (Å²) in [6, 6.07) is -1.70. The van der Waals surface area contributed by atoms with E-state index in [1.165, 1.54) is 0 Å². The van der Waals surface area contributed by atoms with Crippen LogP contribution in [0.3, 0.4) is 0 Å². The van der Waals surface area contributed by atoms with E-state index in [1.54, 1.807) is 13.8 Å². The molecule has 0 radical (unpaired) electrons. The first-order valence-electron chi connectivity index (χ1n) is 6.42. The molecule has 0 aromatic carbocycles. The zero-order chi connectivity index (χ0) is 14.6. The van der Waals surface area contributed by atoms with Gasteiger partial charge in [-0.25, -0.2) is 4.79 Å². The van der Waals surface area contributed by atoms with Gasteiger partial charge in [-0.3, -0.25) is 9.59 Å². The Hall–Kier alpha value is -1.79. The highest BCUT2D eigenvalue weighted by atomic mass is 16.4. The molecule has 5 N–H and O–H groups in total. The fraction of sp³-hybridized carbons (Fsp3) is 0.750. The van der Waals surface area contributed by atoms with E-state index in [0.717, 1.165) is 6.42 Å². The van der Waals surface area contributed by atoms with Crippen molar-refractivity contribution in [2.45, 2.75) is 45.2 Å². The Balaban J connectivity index is 2.55. The lowest BCUT2D eigenvalue weighted by atomic mass is 10.0. The predicted molar refractivity (Wildman–Crippen MR) is 68.3 cm³/mol. The van der Waals surface area contributed by atoms with Crippen molar-refractivity contribution in [1.82, 2.24) is 10.6 Å². The van der Waals surface area contributed by atoms with E-state index in [0.29, 0.717) is 12.8 Å². The normalized spacial score (nSPS) is 23.9. The molecule has 1 saturated carbocycles. The summed E-state index contributed by atoms with van der Waals surface area (Å²) in [6.07, 6.45) is 1.96. The van der Waals surface area contributed by atoms with Gasteiger partial charge in [0.05, 0.1) is 5.92 Å². The third-order valence-corrected chi connectivity index (χ3v) is 3.41. The molecule has 1 aliphatic rings. The molecule has 1 rings (SSSR count). The molecule has 19 heavy (non-hydrogen) atoms. The summed E-state index contributed by atoms with van der Waals surface area (Å²) in [7, 11) is 0. The summed E-state index contributed by atoms with van der Waals surface area (Å²) in [5.41, 5.74) is 5.19. The van der Waals surface area contributed by atoms with Gasteiger partial charge in [-0.15, -0.1) is 0 Å². The number of carboxylic acids is 1. The Morgan fingerprint density at radius 1 is 1.26 bits per heavy atom. The smallest absolute Gasteiger partial charge is 0.315 e. The van der Waals surface area contributed by atoms with Gasteiger partial charge < -0.3 is 21.5 Å². The highest BCUT2D eigenvalue weighted by Crippen LogP contribution is 2.25. The van der Waals surface area contributed by atoms with Crippen LogP contribution in [0.1, 0.15) is 33.1 Å². The molecule has 3 unspecified atom stereocenters. The number of nitrogens with one attached hydrogen (secondary N) is 2. The van der Waals surface area contributed by atoms with Gasteiger partial charge in [0.25, 0.3) is 0 Å². The molecule has 0 heterocycles. The van der Waals surface area contributed by atoms with Crippen LogP contribution in [0.15, 0.2) is 0 Å². The lowest BCUT2D eigenvalue weighted by Crippen LogP contribution is -2.53. The largest absolute Gasteiger partial charge is 0.481 e. The van der Waals surface area contributed by atoms with Crippen molar-refractivity contribution in [3.05, 3.63) is 0 Å². The van der Waals surface area contributed by atoms with E-state index >= 15 is 0 Å². The first-order chi connectivity index (χ1) is 8.82. The van der Waals surface area contributed by atoms with Crippen molar-refractivity contribution in [3.8, 4) is 0 Å². The number of amides is 3. The minimum absolute atomic E-state index is 0.123. The molecule has 0 spiro atoms. The van der Waals surface area contributed by atoms with Crippen LogP contribution in [0.4, 0.5) is 4.79 Å². The van der Waals surface area contributed by atoms with Crippen LogP contribution >= 0.6 is 0 Å². The molecule has 108 valence electrons. The average Bonchev–Trinajstić information content (AvgIpc) is 2.73. The molecule has 0 aliphatic heterocycles. The van der Waals surface area contributed by atoms with Crippen LogP contribution in [-0.2, 0) is 9.59 Å². The van der Waals surface area contributed by atoms with Crippen LogP contribution in [0.5, 0.6) is 0 Å². The number of aliphatic carboxylic acids is 1. The van der Waals surface area contributed by atoms with Crippen molar-refractivity contribution in [1.29, 1.82) is 0 Å². The highest BCUT2D eigenvalue weighted by molar-refractivity contribution is 5.86. The maximum absolute atomic E-state index is 11.8. The number of carboxylic acid groups (broad SMARTS) is 1. The Morgan fingerprint density at radius 2 is 1.89 bits per heavy atom. The number of nitrogens with two attached hydrogens (primary N) is 1. The second-order valence-electron chi connectivity index (χ2n) is 5.22. The van der Waals surface area contributed by atoms with Gasteiger partial charge >= 0.3 is 12.0 Å². The fourth-order valence-electron chi connectivity index (χ4n) is 2.35. The average molecular weight is 271 g/mol. The summed E-state index contributed by atoms with van der Waals surface area (Å²) < 4.78 is 0. The molecule has 0 saturated heterocycles. The van der Waals surface area contributed by atoms with E-state index in [1.807, 2.05) is 0 Å². The van der Waals surface area contributed by atoms with Gasteiger partial charge in [0, 0.05) is 6.04 Å². The van der Waals surface area contributed by atoms with Crippen molar-refractivity contribution in [3.63, 3.8) is 0 Å². The van der Waals surface area contributed by atoms with Crippen LogP contribution in [0.2, 0.25) is 0 Å². The Labute approximate surface area is 111 Å². The SMILES string of the molecule is CC(C)C(NC(=O)NC1CCCC1C(=O)O)C(N)=O. The number of carbonyl (C=O) groups is 3.